The molecule has 6 nitrogen and oxygen atoms in total. The van der Waals surface area contributed by atoms with Gasteiger partial charge in [-0.2, -0.15) is 0 Å². The van der Waals surface area contributed by atoms with Crippen molar-refractivity contribution in [2.24, 2.45) is 17.8 Å². The second kappa shape index (κ2) is 11.7. The van der Waals surface area contributed by atoms with E-state index in [1.54, 1.807) is 0 Å². The lowest BCUT2D eigenvalue weighted by Crippen LogP contribution is -2.29. The van der Waals surface area contributed by atoms with Gasteiger partial charge in [0.1, 0.15) is 11.9 Å². The standard InChI is InChI=1S/C26H38O6/c1-4-5-6-9-20(28)11-12-21-22-13-18-8-7-10-24(31-16-26(29)30-3)23(18)14-19(22)15-25(21)32-17(2)27/h7-8,10,19-22,25,28H,4-6,9,11-16H2,1-3H3/t19-,20+,21+,22-,25+/m0/s1. The van der Waals surface area contributed by atoms with E-state index >= 15 is 0 Å². The van der Waals surface area contributed by atoms with Gasteiger partial charge < -0.3 is 19.3 Å². The van der Waals surface area contributed by atoms with Crippen molar-refractivity contribution in [2.75, 3.05) is 13.7 Å². The maximum Gasteiger partial charge on any atom is 0.343 e. The van der Waals surface area contributed by atoms with Gasteiger partial charge in [0.2, 0.25) is 0 Å². The van der Waals surface area contributed by atoms with E-state index in [1.165, 1.54) is 19.6 Å². The van der Waals surface area contributed by atoms with Gasteiger partial charge in [-0.25, -0.2) is 4.79 Å². The topological polar surface area (TPSA) is 82.1 Å². The van der Waals surface area contributed by atoms with Gasteiger partial charge in [0.15, 0.2) is 6.61 Å². The second-order valence-electron chi connectivity index (χ2n) is 9.37. The molecule has 1 N–H and O–H groups in total. The summed E-state index contributed by atoms with van der Waals surface area (Å²) in [7, 11) is 1.35. The van der Waals surface area contributed by atoms with Crippen LogP contribution in [0.25, 0.3) is 0 Å². The minimum absolute atomic E-state index is 0.0981. The third-order valence-corrected chi connectivity index (χ3v) is 7.18. The quantitative estimate of drug-likeness (QED) is 0.404. The number of benzene rings is 1. The first-order valence-electron chi connectivity index (χ1n) is 12.1. The third kappa shape index (κ3) is 6.25. The third-order valence-electron chi connectivity index (χ3n) is 7.18. The maximum atomic E-state index is 11.8. The normalized spacial score (nSPS) is 24.9. The Bertz CT molecular complexity index is 776. The van der Waals surface area contributed by atoms with Crippen LogP contribution >= 0.6 is 0 Å². The van der Waals surface area contributed by atoms with E-state index in [4.69, 9.17) is 14.2 Å². The van der Waals surface area contributed by atoms with Crippen LogP contribution in [0.15, 0.2) is 18.2 Å². The summed E-state index contributed by atoms with van der Waals surface area (Å²) < 4.78 is 16.2. The van der Waals surface area contributed by atoms with Crippen molar-refractivity contribution in [3.05, 3.63) is 29.3 Å². The number of hydrogen-bond acceptors (Lipinski definition) is 6. The Morgan fingerprint density at radius 2 is 2.00 bits per heavy atom. The van der Waals surface area contributed by atoms with Crippen molar-refractivity contribution < 1.29 is 28.9 Å². The lowest BCUT2D eigenvalue weighted by molar-refractivity contribution is -0.148. The Labute approximate surface area is 191 Å². The molecule has 2 aliphatic rings. The van der Waals surface area contributed by atoms with Gasteiger partial charge in [-0.1, -0.05) is 38.3 Å². The number of ether oxygens (including phenoxy) is 3. The monoisotopic (exact) mass is 446 g/mol. The van der Waals surface area contributed by atoms with Gasteiger partial charge in [-0.05, 0) is 73.5 Å². The molecular weight excluding hydrogens is 408 g/mol. The molecule has 0 aliphatic heterocycles. The van der Waals surface area contributed by atoms with Crippen LogP contribution in [0.1, 0.15) is 69.9 Å². The van der Waals surface area contributed by atoms with Crippen LogP contribution in [0.5, 0.6) is 5.75 Å². The van der Waals surface area contributed by atoms with Gasteiger partial charge in [0, 0.05) is 6.92 Å². The average Bonchev–Trinajstić information content (AvgIpc) is 3.09. The van der Waals surface area contributed by atoms with Crippen LogP contribution in [-0.2, 0) is 31.9 Å². The van der Waals surface area contributed by atoms with Crippen LogP contribution in [0.3, 0.4) is 0 Å². The summed E-state index contributed by atoms with van der Waals surface area (Å²) in [5.74, 6) is 1.19. The number of carbonyl (C=O) groups excluding carboxylic acids is 2. The van der Waals surface area contributed by atoms with E-state index in [-0.39, 0.29) is 30.7 Å². The lowest BCUT2D eigenvalue weighted by Gasteiger charge is -2.32. The number of aliphatic hydroxyl groups is 1. The first-order valence-corrected chi connectivity index (χ1v) is 12.1. The Kier molecular flexibility index (Phi) is 8.97. The van der Waals surface area contributed by atoms with Crippen LogP contribution in [0.4, 0.5) is 0 Å². The smallest absolute Gasteiger partial charge is 0.343 e. The highest BCUT2D eigenvalue weighted by Crippen LogP contribution is 2.49. The molecule has 3 rings (SSSR count). The summed E-state index contributed by atoms with van der Waals surface area (Å²) >= 11 is 0. The van der Waals surface area contributed by atoms with E-state index in [9.17, 15) is 14.7 Å². The number of fused-ring (bicyclic) bond motifs is 2. The molecule has 0 heterocycles. The molecule has 178 valence electrons. The highest BCUT2D eigenvalue weighted by atomic mass is 16.6. The van der Waals surface area contributed by atoms with E-state index in [1.807, 2.05) is 12.1 Å². The maximum absolute atomic E-state index is 11.8. The Morgan fingerprint density at radius 3 is 2.72 bits per heavy atom. The molecule has 0 aromatic heterocycles. The fraction of sp³-hybridized carbons (Fsp3) is 0.692. The van der Waals surface area contributed by atoms with Crippen LogP contribution in [0, 0.1) is 17.8 Å². The zero-order valence-corrected chi connectivity index (χ0v) is 19.7. The summed E-state index contributed by atoms with van der Waals surface area (Å²) in [6.45, 7) is 3.55. The number of unbranched alkanes of at least 4 members (excludes halogenated alkanes) is 2. The molecule has 0 unspecified atom stereocenters. The number of esters is 2. The van der Waals surface area contributed by atoms with Crippen molar-refractivity contribution in [3.63, 3.8) is 0 Å². The number of aliphatic hydroxyl groups excluding tert-OH is 1. The predicted molar refractivity (Wildman–Crippen MR) is 121 cm³/mol. The summed E-state index contributed by atoms with van der Waals surface area (Å²) in [5, 5.41) is 10.5. The average molecular weight is 447 g/mol. The number of hydrogen-bond donors (Lipinski definition) is 1. The van der Waals surface area contributed by atoms with Gasteiger partial charge in [0.05, 0.1) is 13.2 Å². The number of carbonyl (C=O) groups is 2. The Balaban J connectivity index is 1.70. The fourth-order valence-corrected chi connectivity index (χ4v) is 5.61. The van der Waals surface area contributed by atoms with Crippen molar-refractivity contribution in [1.29, 1.82) is 0 Å². The SMILES string of the molecule is CCCCC[C@@H](O)CC[C@@H]1[C@H]2Cc3cccc(OCC(=O)OC)c3C[C@H]2C[C@H]1OC(C)=O. The van der Waals surface area contributed by atoms with Gasteiger partial charge in [0.25, 0.3) is 0 Å². The summed E-state index contributed by atoms with van der Waals surface area (Å²) in [6, 6.07) is 6.01. The zero-order chi connectivity index (χ0) is 23.1. The Hall–Kier alpha value is -2.08. The van der Waals surface area contributed by atoms with Crippen molar-refractivity contribution in [1.82, 2.24) is 0 Å². The molecule has 1 aromatic carbocycles. The van der Waals surface area contributed by atoms with E-state index in [0.717, 1.165) is 69.1 Å². The van der Waals surface area contributed by atoms with Gasteiger partial charge in [-0.15, -0.1) is 0 Å². The molecule has 5 atom stereocenters. The minimum atomic E-state index is -0.398. The molecule has 0 bridgehead atoms. The summed E-state index contributed by atoms with van der Waals surface area (Å²) in [4.78, 5) is 23.3. The van der Waals surface area contributed by atoms with E-state index in [0.29, 0.717) is 11.8 Å². The number of rotatable bonds is 11. The van der Waals surface area contributed by atoms with Crippen LogP contribution in [0.2, 0.25) is 0 Å². The van der Waals surface area contributed by atoms with Gasteiger partial charge in [-0.3, -0.25) is 4.79 Å². The summed E-state index contributed by atoms with van der Waals surface area (Å²) in [5.41, 5.74) is 2.39. The Morgan fingerprint density at radius 1 is 1.19 bits per heavy atom. The molecule has 1 saturated carbocycles. The van der Waals surface area contributed by atoms with Crippen molar-refractivity contribution in [2.45, 2.75) is 83.8 Å². The highest BCUT2D eigenvalue weighted by molar-refractivity contribution is 5.71. The molecule has 0 radical (unpaired) electrons. The molecule has 1 fully saturated rings. The first kappa shape index (κ1) is 24.6. The largest absolute Gasteiger partial charge is 0.482 e. The van der Waals surface area contributed by atoms with Gasteiger partial charge >= 0.3 is 11.9 Å². The lowest BCUT2D eigenvalue weighted by atomic mass is 9.73. The van der Waals surface area contributed by atoms with Crippen LogP contribution < -0.4 is 4.74 Å². The molecule has 0 spiro atoms. The molecule has 0 amide bonds. The molecule has 2 aliphatic carbocycles. The first-order chi connectivity index (χ1) is 15.4. The van der Waals surface area contributed by atoms with E-state index in [2.05, 4.69) is 13.0 Å². The number of methoxy groups -OCH3 is 1. The molecule has 6 heteroatoms. The second-order valence-corrected chi connectivity index (χ2v) is 9.37. The highest BCUT2D eigenvalue weighted by Gasteiger charge is 2.47. The predicted octanol–water partition coefficient (Wildman–Crippen LogP) is 4.24. The molecular formula is C26H38O6. The molecule has 0 saturated heterocycles. The van der Waals surface area contributed by atoms with Crippen LogP contribution in [-0.4, -0.2) is 43.0 Å². The van der Waals surface area contributed by atoms with Crippen molar-refractivity contribution in [3.8, 4) is 5.75 Å². The van der Waals surface area contributed by atoms with E-state index < -0.39 is 5.97 Å². The fourth-order valence-electron chi connectivity index (χ4n) is 5.61. The summed E-state index contributed by atoms with van der Waals surface area (Å²) in [6.07, 6.45) is 8.05. The zero-order valence-electron chi connectivity index (χ0n) is 19.7. The minimum Gasteiger partial charge on any atom is -0.482 e. The molecule has 32 heavy (non-hydrogen) atoms. The van der Waals surface area contributed by atoms with Crippen molar-refractivity contribution >= 4 is 11.9 Å². The molecule has 1 aromatic rings.